The van der Waals surface area contributed by atoms with Crippen molar-refractivity contribution in [1.82, 2.24) is 0 Å². The van der Waals surface area contributed by atoms with Crippen LogP contribution in [-0.4, -0.2) is 5.71 Å². The Morgan fingerprint density at radius 2 is 1.46 bits per heavy atom. The van der Waals surface area contributed by atoms with Crippen LogP contribution in [0.25, 0.3) is 10.8 Å². The first-order valence-electron chi connectivity index (χ1n) is 9.44. The van der Waals surface area contributed by atoms with Crippen molar-refractivity contribution in [3.05, 3.63) is 113 Å². The first-order valence-corrected chi connectivity index (χ1v) is 9.82. The lowest BCUT2D eigenvalue weighted by molar-refractivity contribution is 0.709. The highest BCUT2D eigenvalue weighted by molar-refractivity contribution is 6.30. The second-order valence-corrected chi connectivity index (χ2v) is 7.50. The molecule has 0 unspecified atom stereocenters. The zero-order valence-electron chi connectivity index (χ0n) is 15.3. The fraction of sp³-hybridized carbons (Fsp3) is 0.0800. The molecule has 2 nitrogen and oxygen atoms in total. The van der Waals surface area contributed by atoms with Gasteiger partial charge in [0.1, 0.15) is 0 Å². The number of benzene rings is 4. The molecule has 0 amide bonds. The lowest BCUT2D eigenvalue weighted by Gasteiger charge is -2.24. The van der Waals surface area contributed by atoms with Gasteiger partial charge in [0.25, 0.3) is 0 Å². The second kappa shape index (κ2) is 7.14. The summed E-state index contributed by atoms with van der Waals surface area (Å²) in [5, 5.41) is 10.4. The van der Waals surface area contributed by atoms with Crippen LogP contribution in [0.4, 0.5) is 5.69 Å². The number of hydrogen-bond acceptors (Lipinski definition) is 2. The largest absolute Gasteiger partial charge is 0.257 e. The molecule has 0 aliphatic carbocycles. The van der Waals surface area contributed by atoms with E-state index in [2.05, 4.69) is 83.9 Å². The zero-order valence-corrected chi connectivity index (χ0v) is 16.1. The van der Waals surface area contributed by atoms with E-state index in [4.69, 9.17) is 16.7 Å². The van der Waals surface area contributed by atoms with E-state index in [9.17, 15) is 0 Å². The summed E-state index contributed by atoms with van der Waals surface area (Å²) in [5.41, 5.74) is 4.59. The van der Waals surface area contributed by atoms with E-state index < -0.39 is 0 Å². The third-order valence-corrected chi connectivity index (χ3v) is 5.52. The Morgan fingerprint density at radius 1 is 0.750 bits per heavy atom. The van der Waals surface area contributed by atoms with Crippen LogP contribution in [0.2, 0.25) is 5.02 Å². The molecule has 0 saturated heterocycles. The van der Waals surface area contributed by atoms with Gasteiger partial charge in [-0.3, -0.25) is 5.01 Å². The molecular formula is C25H19ClN2. The highest BCUT2D eigenvalue weighted by atomic mass is 35.5. The molecule has 28 heavy (non-hydrogen) atoms. The van der Waals surface area contributed by atoms with E-state index in [1.165, 1.54) is 21.9 Å². The van der Waals surface area contributed by atoms with Crippen molar-refractivity contribution < 1.29 is 0 Å². The molecule has 3 heteroatoms. The first kappa shape index (κ1) is 17.0. The summed E-state index contributed by atoms with van der Waals surface area (Å²) in [6, 6.07) is 33.6. The second-order valence-electron chi connectivity index (χ2n) is 7.06. The molecule has 4 aromatic rings. The van der Waals surface area contributed by atoms with Crippen molar-refractivity contribution in [1.29, 1.82) is 0 Å². The standard InChI is InChI=1S/C25H19ClN2/c26-22-14-12-19(13-15-22)25-17-24(27-28(25)23-8-2-1-3-9-23)21-11-10-18-6-4-5-7-20(18)16-21/h1-16,25H,17H2/t25-/m1/s1. The van der Waals surface area contributed by atoms with Gasteiger partial charge >= 0.3 is 0 Å². The molecule has 0 radical (unpaired) electrons. The van der Waals surface area contributed by atoms with Gasteiger partial charge in [0, 0.05) is 11.4 Å². The predicted octanol–water partition coefficient (Wildman–Crippen LogP) is 6.85. The lowest BCUT2D eigenvalue weighted by Crippen LogP contribution is -2.18. The van der Waals surface area contributed by atoms with Crippen LogP contribution in [0.5, 0.6) is 0 Å². The Hall–Kier alpha value is -3.10. The fourth-order valence-corrected chi connectivity index (χ4v) is 3.94. The summed E-state index contributed by atoms with van der Waals surface area (Å²) in [7, 11) is 0. The molecule has 1 aliphatic heterocycles. The maximum atomic E-state index is 6.11. The van der Waals surface area contributed by atoms with Crippen LogP contribution < -0.4 is 5.01 Å². The fourth-order valence-electron chi connectivity index (χ4n) is 3.82. The van der Waals surface area contributed by atoms with Crippen molar-refractivity contribution in [3.8, 4) is 0 Å². The van der Waals surface area contributed by atoms with Gasteiger partial charge in [-0.05, 0) is 52.2 Å². The Kier molecular flexibility index (Phi) is 4.34. The Labute approximate surface area is 169 Å². The molecular weight excluding hydrogens is 364 g/mol. The third-order valence-electron chi connectivity index (χ3n) is 5.27. The lowest BCUT2D eigenvalue weighted by atomic mass is 9.97. The van der Waals surface area contributed by atoms with Gasteiger partial charge in [0.2, 0.25) is 0 Å². The number of hydrogen-bond donors (Lipinski definition) is 0. The van der Waals surface area contributed by atoms with E-state index in [0.717, 1.165) is 22.8 Å². The normalized spacial score (nSPS) is 16.4. The highest BCUT2D eigenvalue weighted by Crippen LogP contribution is 2.37. The van der Waals surface area contributed by atoms with E-state index in [-0.39, 0.29) is 6.04 Å². The molecule has 1 aliphatic rings. The summed E-state index contributed by atoms with van der Waals surface area (Å²) < 4.78 is 0. The maximum Gasteiger partial charge on any atom is 0.0831 e. The highest BCUT2D eigenvalue weighted by Gasteiger charge is 2.29. The van der Waals surface area contributed by atoms with Gasteiger partial charge in [-0.2, -0.15) is 5.10 Å². The molecule has 0 fully saturated rings. The number of hydrazone groups is 1. The van der Waals surface area contributed by atoms with Gasteiger partial charge in [-0.15, -0.1) is 0 Å². The summed E-state index contributed by atoms with van der Waals surface area (Å²) in [4.78, 5) is 0. The number of nitrogens with zero attached hydrogens (tertiary/aromatic N) is 2. The zero-order chi connectivity index (χ0) is 18.9. The molecule has 0 N–H and O–H groups in total. The van der Waals surface area contributed by atoms with Crippen LogP contribution in [0, 0.1) is 0 Å². The van der Waals surface area contributed by atoms with E-state index in [0.29, 0.717) is 0 Å². The average Bonchev–Trinajstić information content (AvgIpc) is 3.20. The molecule has 0 bridgehead atoms. The Bertz CT molecular complexity index is 1150. The topological polar surface area (TPSA) is 15.6 Å². The van der Waals surface area contributed by atoms with E-state index >= 15 is 0 Å². The smallest absolute Gasteiger partial charge is 0.0831 e. The van der Waals surface area contributed by atoms with Crippen LogP contribution in [0.3, 0.4) is 0 Å². The molecule has 4 aromatic carbocycles. The average molecular weight is 383 g/mol. The van der Waals surface area contributed by atoms with Crippen molar-refractivity contribution in [2.45, 2.75) is 12.5 Å². The van der Waals surface area contributed by atoms with E-state index in [1.807, 2.05) is 18.2 Å². The quantitative estimate of drug-likeness (QED) is 0.378. The molecule has 1 atom stereocenters. The summed E-state index contributed by atoms with van der Waals surface area (Å²) >= 11 is 6.11. The van der Waals surface area contributed by atoms with Crippen molar-refractivity contribution in [2.75, 3.05) is 5.01 Å². The number of rotatable bonds is 3. The molecule has 0 saturated carbocycles. The number of fused-ring (bicyclic) bond motifs is 1. The number of para-hydroxylation sites is 1. The van der Waals surface area contributed by atoms with Crippen molar-refractivity contribution >= 4 is 33.8 Å². The number of anilines is 1. The van der Waals surface area contributed by atoms with Gasteiger partial charge in [-0.25, -0.2) is 0 Å². The Morgan fingerprint density at radius 3 is 2.25 bits per heavy atom. The minimum atomic E-state index is 0.154. The molecule has 136 valence electrons. The minimum Gasteiger partial charge on any atom is -0.257 e. The summed E-state index contributed by atoms with van der Waals surface area (Å²) in [6.45, 7) is 0. The van der Waals surface area contributed by atoms with Crippen LogP contribution in [-0.2, 0) is 0 Å². The molecule has 1 heterocycles. The summed E-state index contributed by atoms with van der Waals surface area (Å²) in [6.07, 6.45) is 0.856. The monoisotopic (exact) mass is 382 g/mol. The van der Waals surface area contributed by atoms with Crippen LogP contribution in [0.15, 0.2) is 102 Å². The van der Waals surface area contributed by atoms with Crippen LogP contribution in [0.1, 0.15) is 23.6 Å². The van der Waals surface area contributed by atoms with Gasteiger partial charge < -0.3 is 0 Å². The minimum absolute atomic E-state index is 0.154. The third kappa shape index (κ3) is 3.17. The predicted molar refractivity (Wildman–Crippen MR) is 118 cm³/mol. The molecule has 0 spiro atoms. The van der Waals surface area contributed by atoms with Crippen molar-refractivity contribution in [3.63, 3.8) is 0 Å². The van der Waals surface area contributed by atoms with Crippen LogP contribution >= 0.6 is 11.6 Å². The van der Waals surface area contributed by atoms with E-state index in [1.54, 1.807) is 0 Å². The first-order chi connectivity index (χ1) is 13.8. The Balaban J connectivity index is 1.57. The van der Waals surface area contributed by atoms with Gasteiger partial charge in [0.15, 0.2) is 0 Å². The summed E-state index contributed by atoms with van der Waals surface area (Å²) in [5.74, 6) is 0. The van der Waals surface area contributed by atoms with Gasteiger partial charge in [0.05, 0.1) is 17.4 Å². The number of halogens is 1. The van der Waals surface area contributed by atoms with Crippen molar-refractivity contribution in [2.24, 2.45) is 5.10 Å². The molecule has 5 rings (SSSR count). The SMILES string of the molecule is Clc1ccc([C@H]2CC(c3ccc4ccccc4c3)=NN2c2ccccc2)cc1. The van der Waals surface area contributed by atoms with Gasteiger partial charge in [-0.1, -0.05) is 78.3 Å². The maximum absolute atomic E-state index is 6.11. The molecule has 0 aromatic heterocycles.